The van der Waals surface area contributed by atoms with Gasteiger partial charge in [-0.05, 0) is 46.1 Å². The summed E-state index contributed by atoms with van der Waals surface area (Å²) in [7, 11) is -4.22. The number of carbonyl (C=O) groups excluding carboxylic acids is 1. The van der Waals surface area contributed by atoms with E-state index in [1.165, 1.54) is 0 Å². The maximum atomic E-state index is 14.1. The molecule has 0 saturated heterocycles. The Morgan fingerprint density at radius 3 is 2.42 bits per heavy atom. The molecule has 6 nitrogen and oxygen atoms in total. The Hall–Kier alpha value is -1.58. The molecule has 9 heteroatoms. The molecule has 1 aromatic carbocycles. The van der Waals surface area contributed by atoms with Crippen LogP contribution in [0.2, 0.25) is 0 Å². The highest BCUT2D eigenvalue weighted by Crippen LogP contribution is 2.27. The monoisotopic (exact) mass is 389 g/mol. The van der Waals surface area contributed by atoms with E-state index in [4.69, 9.17) is 5.73 Å². The first kappa shape index (κ1) is 20.7. The first-order valence-corrected chi connectivity index (χ1v) is 9.97. The number of nitrogens with one attached hydrogen (secondary N) is 2. The van der Waals surface area contributed by atoms with Gasteiger partial charge < -0.3 is 11.1 Å². The lowest BCUT2D eigenvalue weighted by molar-refractivity contribution is -0.120. The molecule has 26 heavy (non-hydrogen) atoms. The van der Waals surface area contributed by atoms with Gasteiger partial charge in [0.2, 0.25) is 15.9 Å². The summed E-state index contributed by atoms with van der Waals surface area (Å²) in [6, 6.07) is 1.17. The number of anilines is 1. The van der Waals surface area contributed by atoms with Gasteiger partial charge in [0.1, 0.15) is 16.5 Å². The Morgan fingerprint density at radius 1 is 1.19 bits per heavy atom. The van der Waals surface area contributed by atoms with E-state index in [-0.39, 0.29) is 17.6 Å². The highest BCUT2D eigenvalue weighted by atomic mass is 32.2. The van der Waals surface area contributed by atoms with E-state index >= 15 is 0 Å². The van der Waals surface area contributed by atoms with Gasteiger partial charge in [0.15, 0.2) is 0 Å². The van der Waals surface area contributed by atoms with Gasteiger partial charge >= 0.3 is 0 Å². The quantitative estimate of drug-likeness (QED) is 0.736. The van der Waals surface area contributed by atoms with Crippen molar-refractivity contribution in [3.8, 4) is 0 Å². The zero-order valence-electron chi connectivity index (χ0n) is 15.1. The van der Waals surface area contributed by atoms with Gasteiger partial charge in [0.25, 0.3) is 0 Å². The molecular weight excluding hydrogens is 364 g/mol. The van der Waals surface area contributed by atoms with Crippen LogP contribution in [0.15, 0.2) is 17.0 Å². The molecule has 1 saturated carbocycles. The van der Waals surface area contributed by atoms with Gasteiger partial charge in [0.05, 0.1) is 5.69 Å². The smallest absolute Gasteiger partial charge is 0.244 e. The topological polar surface area (TPSA) is 101 Å². The second-order valence-electron chi connectivity index (χ2n) is 7.73. The minimum absolute atomic E-state index is 0.0931. The third-order valence-corrected chi connectivity index (χ3v) is 5.87. The molecule has 146 valence electrons. The lowest BCUT2D eigenvalue weighted by Gasteiger charge is -2.26. The summed E-state index contributed by atoms with van der Waals surface area (Å²) >= 11 is 0. The van der Waals surface area contributed by atoms with Crippen LogP contribution in [0, 0.1) is 17.6 Å². The number of benzene rings is 1. The number of hydrogen-bond donors (Lipinski definition) is 3. The average molecular weight is 389 g/mol. The van der Waals surface area contributed by atoms with E-state index in [0.29, 0.717) is 18.9 Å². The minimum Gasteiger partial charge on any atom is -0.328 e. The lowest BCUT2D eigenvalue weighted by atomic mass is 9.85. The SMILES string of the molecule is CC(C)(C)NS(=O)(=O)c1cc(NC(=O)C2CCCC(N)C2)c(F)cc1F. The normalized spacial score (nSPS) is 21.5. The van der Waals surface area contributed by atoms with Crippen LogP contribution in [0.3, 0.4) is 0 Å². The van der Waals surface area contributed by atoms with Crippen LogP contribution < -0.4 is 15.8 Å². The number of hydrogen-bond acceptors (Lipinski definition) is 4. The Bertz CT molecular complexity index is 791. The first-order chi connectivity index (χ1) is 11.9. The first-order valence-electron chi connectivity index (χ1n) is 8.48. The third-order valence-electron chi connectivity index (χ3n) is 4.10. The van der Waals surface area contributed by atoms with Crippen LogP contribution in [-0.2, 0) is 14.8 Å². The van der Waals surface area contributed by atoms with Crippen LogP contribution in [0.4, 0.5) is 14.5 Å². The van der Waals surface area contributed by atoms with Gasteiger partial charge in [-0.1, -0.05) is 6.42 Å². The molecule has 1 aliphatic carbocycles. The fourth-order valence-corrected chi connectivity index (χ4v) is 4.49. The zero-order valence-corrected chi connectivity index (χ0v) is 15.9. The van der Waals surface area contributed by atoms with E-state index in [2.05, 4.69) is 10.0 Å². The lowest BCUT2D eigenvalue weighted by Crippen LogP contribution is -2.40. The summed E-state index contributed by atoms with van der Waals surface area (Å²) in [5.74, 6) is -3.09. The number of sulfonamides is 1. The molecule has 2 unspecified atom stereocenters. The van der Waals surface area contributed by atoms with Crippen molar-refractivity contribution >= 4 is 21.6 Å². The molecule has 0 aromatic heterocycles. The van der Waals surface area contributed by atoms with Crippen molar-refractivity contribution in [2.24, 2.45) is 11.7 Å². The fourth-order valence-electron chi connectivity index (χ4n) is 2.99. The van der Waals surface area contributed by atoms with Crippen molar-refractivity contribution in [3.63, 3.8) is 0 Å². The Balaban J connectivity index is 2.28. The Labute approximate surface area is 152 Å². The van der Waals surface area contributed by atoms with Crippen molar-refractivity contribution in [2.45, 2.75) is 62.9 Å². The van der Waals surface area contributed by atoms with Gasteiger partial charge in [-0.2, -0.15) is 0 Å². The summed E-state index contributed by atoms with van der Waals surface area (Å²) in [4.78, 5) is 11.6. The average Bonchev–Trinajstić information content (AvgIpc) is 2.47. The second kappa shape index (κ2) is 7.58. The number of halogens is 2. The predicted molar refractivity (Wildman–Crippen MR) is 95.0 cm³/mol. The van der Waals surface area contributed by atoms with Crippen LogP contribution in [-0.4, -0.2) is 25.9 Å². The van der Waals surface area contributed by atoms with Crippen molar-refractivity contribution in [1.82, 2.24) is 4.72 Å². The zero-order chi connectivity index (χ0) is 19.7. The third kappa shape index (κ3) is 5.21. The van der Waals surface area contributed by atoms with Crippen molar-refractivity contribution in [1.29, 1.82) is 0 Å². The Morgan fingerprint density at radius 2 is 1.85 bits per heavy atom. The largest absolute Gasteiger partial charge is 0.328 e. The molecule has 4 N–H and O–H groups in total. The maximum absolute atomic E-state index is 14.1. The molecule has 1 amide bonds. The van der Waals surface area contributed by atoms with E-state index in [9.17, 15) is 22.0 Å². The molecule has 0 heterocycles. The molecule has 1 fully saturated rings. The van der Waals surface area contributed by atoms with Crippen molar-refractivity contribution < 1.29 is 22.0 Å². The maximum Gasteiger partial charge on any atom is 0.244 e. The van der Waals surface area contributed by atoms with E-state index < -0.39 is 38.0 Å². The number of amides is 1. The highest BCUT2D eigenvalue weighted by molar-refractivity contribution is 7.89. The molecule has 2 rings (SSSR count). The van der Waals surface area contributed by atoms with Crippen molar-refractivity contribution in [3.05, 3.63) is 23.8 Å². The molecule has 0 aliphatic heterocycles. The summed E-state index contributed by atoms with van der Waals surface area (Å²) in [5, 5.41) is 2.37. The van der Waals surface area contributed by atoms with Gasteiger partial charge in [-0.15, -0.1) is 0 Å². The molecule has 0 bridgehead atoms. The van der Waals surface area contributed by atoms with E-state index in [1.807, 2.05) is 0 Å². The van der Waals surface area contributed by atoms with Crippen LogP contribution in [0.25, 0.3) is 0 Å². The second-order valence-corrected chi connectivity index (χ2v) is 9.38. The molecule has 0 spiro atoms. The van der Waals surface area contributed by atoms with Crippen LogP contribution in [0.5, 0.6) is 0 Å². The minimum atomic E-state index is -4.22. The number of rotatable bonds is 4. The predicted octanol–water partition coefficient (Wildman–Crippen LogP) is 2.50. The highest BCUT2D eigenvalue weighted by Gasteiger charge is 2.29. The molecule has 0 radical (unpaired) electrons. The summed E-state index contributed by atoms with van der Waals surface area (Å²) in [6.45, 7) is 4.79. The van der Waals surface area contributed by atoms with Gasteiger partial charge in [-0.3, -0.25) is 4.79 Å². The molecule has 2 atom stereocenters. The molecule has 1 aromatic rings. The Kier molecular flexibility index (Phi) is 6.04. The summed E-state index contributed by atoms with van der Waals surface area (Å²) in [5.41, 5.74) is 4.64. The van der Waals surface area contributed by atoms with Gasteiger partial charge in [0, 0.05) is 23.6 Å². The van der Waals surface area contributed by atoms with E-state index in [0.717, 1.165) is 18.9 Å². The standard InChI is InChI=1S/C17H25F2N3O3S/c1-17(2,3)22-26(24,25)15-9-14(12(18)8-13(15)19)21-16(23)10-5-4-6-11(20)7-10/h8-11,22H,4-7,20H2,1-3H3,(H,21,23). The number of nitrogens with two attached hydrogens (primary N) is 1. The van der Waals surface area contributed by atoms with E-state index in [1.54, 1.807) is 20.8 Å². The molecular formula is C17H25F2N3O3S. The van der Waals surface area contributed by atoms with Crippen molar-refractivity contribution in [2.75, 3.05) is 5.32 Å². The van der Waals surface area contributed by atoms with Crippen LogP contribution in [0.1, 0.15) is 46.5 Å². The molecule has 1 aliphatic rings. The number of carbonyl (C=O) groups is 1. The fraction of sp³-hybridized carbons (Fsp3) is 0.588. The van der Waals surface area contributed by atoms with Gasteiger partial charge in [-0.25, -0.2) is 21.9 Å². The van der Waals surface area contributed by atoms with Crippen LogP contribution >= 0.6 is 0 Å². The summed E-state index contributed by atoms with van der Waals surface area (Å²) < 4.78 is 55.1. The summed E-state index contributed by atoms with van der Waals surface area (Å²) in [6.07, 6.45) is 2.72.